The Balaban J connectivity index is 1.08. The van der Waals surface area contributed by atoms with Crippen LogP contribution < -0.4 is 15.4 Å². The molecule has 0 amide bonds. The van der Waals surface area contributed by atoms with Crippen molar-refractivity contribution in [2.24, 2.45) is 11.8 Å². The average Bonchev–Trinajstić information content (AvgIpc) is 3.62. The smallest absolute Gasteiger partial charge is 0.137 e. The van der Waals surface area contributed by atoms with Crippen molar-refractivity contribution in [2.75, 3.05) is 10.6 Å². The molecule has 9 rings (SSSR count). The molecule has 7 aromatic carbocycles. The fraction of sp³-hybridized carbons (Fsp3) is 0.203. The molecule has 5 nitrogen and oxygen atoms in total. The number of nitrogens with zero attached hydrogens (tertiary/aromatic N) is 2. The number of benzene rings is 7. The third-order valence-electron chi connectivity index (χ3n) is 12.0. The van der Waals surface area contributed by atoms with E-state index < -0.39 is 0 Å². The number of hydrogen-bond acceptors (Lipinski definition) is 4. The van der Waals surface area contributed by atoms with Crippen LogP contribution in [0.2, 0.25) is 0 Å². The number of ether oxygens (including phenoxy) is 1. The molecular weight excluding hydrogens is 781 g/mol. The van der Waals surface area contributed by atoms with Gasteiger partial charge < -0.3 is 15.4 Å². The Morgan fingerprint density at radius 2 is 1.19 bits per heavy atom. The van der Waals surface area contributed by atoms with Gasteiger partial charge in [0.25, 0.3) is 0 Å². The van der Waals surface area contributed by atoms with Gasteiger partial charge in [-0.1, -0.05) is 152 Å². The topological polar surface area (TPSA) is 51.1 Å². The Morgan fingerprint density at radius 1 is 0.562 bits per heavy atom. The summed E-state index contributed by atoms with van der Waals surface area (Å²) in [6.07, 6.45) is 4.01. The van der Waals surface area contributed by atoms with Gasteiger partial charge in [0, 0.05) is 45.9 Å². The van der Waals surface area contributed by atoms with E-state index in [0.717, 1.165) is 80.7 Å². The minimum atomic E-state index is -0.0225. The van der Waals surface area contributed by atoms with Crippen molar-refractivity contribution in [3.8, 4) is 39.6 Å². The molecule has 9 aromatic rings. The predicted molar refractivity (Wildman–Crippen MR) is 271 cm³/mol. The summed E-state index contributed by atoms with van der Waals surface area (Å²) in [6, 6.07) is 59.8. The lowest BCUT2D eigenvalue weighted by Gasteiger charge is -2.20. The van der Waals surface area contributed by atoms with Gasteiger partial charge in [0.1, 0.15) is 17.3 Å². The molecule has 0 saturated heterocycles. The van der Waals surface area contributed by atoms with Crippen molar-refractivity contribution in [1.82, 2.24) is 9.55 Å². The molecule has 0 aliphatic carbocycles. The molecule has 0 bridgehead atoms. The minimum Gasteiger partial charge on any atom is -0.457 e. The maximum absolute atomic E-state index is 6.77. The van der Waals surface area contributed by atoms with Gasteiger partial charge in [-0.05, 0) is 113 Å². The molecule has 0 saturated carbocycles. The van der Waals surface area contributed by atoms with E-state index in [9.17, 15) is 0 Å². The fourth-order valence-corrected chi connectivity index (χ4v) is 8.96. The van der Waals surface area contributed by atoms with Crippen molar-refractivity contribution >= 4 is 44.6 Å². The summed E-state index contributed by atoms with van der Waals surface area (Å²) < 4.78 is 9.11. The zero-order chi connectivity index (χ0) is 44.4. The second-order valence-electron chi connectivity index (χ2n) is 18.8. The van der Waals surface area contributed by atoms with Crippen molar-refractivity contribution in [1.29, 1.82) is 0 Å². The molecule has 64 heavy (non-hydrogen) atoms. The molecule has 2 heterocycles. The van der Waals surface area contributed by atoms with Crippen LogP contribution in [0.15, 0.2) is 176 Å². The van der Waals surface area contributed by atoms with Gasteiger partial charge in [0.15, 0.2) is 0 Å². The zero-order valence-corrected chi connectivity index (χ0v) is 38.1. The first-order chi connectivity index (χ1) is 31.0. The van der Waals surface area contributed by atoms with E-state index in [1.807, 2.05) is 18.3 Å². The van der Waals surface area contributed by atoms with Crippen LogP contribution in [0.1, 0.15) is 65.2 Å². The molecule has 0 spiro atoms. The number of hydrogen-bond donors (Lipinski definition) is 2. The number of para-hydroxylation sites is 3. The maximum atomic E-state index is 6.77. The number of fused-ring (bicyclic) bond motifs is 3. The summed E-state index contributed by atoms with van der Waals surface area (Å²) in [5.74, 6) is 3.49. The van der Waals surface area contributed by atoms with Crippen molar-refractivity contribution in [3.05, 3.63) is 193 Å². The van der Waals surface area contributed by atoms with Crippen LogP contribution in [0, 0.1) is 11.8 Å². The molecule has 0 fully saturated rings. The van der Waals surface area contributed by atoms with Crippen molar-refractivity contribution in [3.63, 3.8) is 0 Å². The van der Waals surface area contributed by atoms with Gasteiger partial charge in [-0.2, -0.15) is 0 Å². The quantitative estimate of drug-likeness (QED) is 0.121. The Morgan fingerprint density at radius 3 is 1.84 bits per heavy atom. The van der Waals surface area contributed by atoms with Crippen LogP contribution in [0.3, 0.4) is 0 Å². The largest absolute Gasteiger partial charge is 0.457 e. The van der Waals surface area contributed by atoms with E-state index >= 15 is 0 Å². The summed E-state index contributed by atoms with van der Waals surface area (Å²) in [5, 5.41) is 10.1. The van der Waals surface area contributed by atoms with E-state index in [2.05, 4.69) is 221 Å². The van der Waals surface area contributed by atoms with E-state index in [-0.39, 0.29) is 5.41 Å². The number of pyridine rings is 1. The van der Waals surface area contributed by atoms with Crippen LogP contribution >= 0.6 is 0 Å². The number of nitrogens with one attached hydrogen (secondary N) is 2. The van der Waals surface area contributed by atoms with Crippen LogP contribution in [-0.2, 0) is 18.3 Å². The monoisotopic (exact) mass is 838 g/mol. The third kappa shape index (κ3) is 8.89. The molecule has 5 heteroatoms. The first-order valence-electron chi connectivity index (χ1n) is 22.7. The van der Waals surface area contributed by atoms with Gasteiger partial charge in [0.2, 0.25) is 0 Å². The molecule has 0 radical (unpaired) electrons. The highest BCUT2D eigenvalue weighted by atomic mass is 16.5. The van der Waals surface area contributed by atoms with Crippen LogP contribution in [0.4, 0.5) is 22.7 Å². The standard InChI is InChI=1S/C59H58N4O/c1-39(2)34-43-28-31-54-57(51(43)35-40(3)4)50-30-29-47(38-55(50)63(54)56-36-44(32-33-60-56)59(5,6)7)64-46-23-16-22-45(37-46)61-52-26-14-15-27-53(52)62-58-48(41-18-10-8-11-19-41)24-17-25-49(58)42-20-12-9-13-21-42/h8-33,36-40,61-62H,34-35H2,1-7H3. The van der Waals surface area contributed by atoms with Crippen LogP contribution in [0.5, 0.6) is 11.5 Å². The van der Waals surface area contributed by atoms with Gasteiger partial charge in [-0.3, -0.25) is 4.57 Å². The highest BCUT2D eigenvalue weighted by molar-refractivity contribution is 6.11. The molecule has 0 aliphatic rings. The summed E-state index contributed by atoms with van der Waals surface area (Å²) in [6.45, 7) is 16.0. The summed E-state index contributed by atoms with van der Waals surface area (Å²) in [7, 11) is 0. The number of aromatic nitrogens is 2. The maximum Gasteiger partial charge on any atom is 0.137 e. The Hall–Kier alpha value is -7.11. The minimum absolute atomic E-state index is 0.0225. The molecule has 2 N–H and O–H groups in total. The first-order valence-corrected chi connectivity index (χ1v) is 22.7. The lowest BCUT2D eigenvalue weighted by atomic mass is 9.88. The van der Waals surface area contributed by atoms with Crippen molar-refractivity contribution < 1.29 is 4.74 Å². The van der Waals surface area contributed by atoms with Crippen LogP contribution in [-0.4, -0.2) is 9.55 Å². The van der Waals surface area contributed by atoms with E-state index in [4.69, 9.17) is 9.72 Å². The summed E-state index contributed by atoms with van der Waals surface area (Å²) in [4.78, 5) is 5.00. The van der Waals surface area contributed by atoms with Gasteiger partial charge in [0.05, 0.1) is 28.1 Å². The highest BCUT2D eigenvalue weighted by Gasteiger charge is 2.22. The predicted octanol–water partition coefficient (Wildman–Crippen LogP) is 16.5. The Bertz CT molecular complexity index is 3010. The van der Waals surface area contributed by atoms with E-state index in [1.165, 1.54) is 33.0 Å². The lowest BCUT2D eigenvalue weighted by molar-refractivity contribution is 0.483. The van der Waals surface area contributed by atoms with Gasteiger partial charge >= 0.3 is 0 Å². The number of anilines is 4. The van der Waals surface area contributed by atoms with Gasteiger partial charge in [-0.25, -0.2) is 4.98 Å². The normalized spacial score (nSPS) is 11.8. The second-order valence-corrected chi connectivity index (χ2v) is 18.8. The second kappa shape index (κ2) is 17.9. The molecule has 320 valence electrons. The SMILES string of the molecule is CC(C)Cc1ccc2c(c1CC(C)C)c1ccc(Oc3cccc(Nc4ccccc4Nc4c(-c5ccccc5)cccc4-c4ccccc4)c3)cc1n2-c1cc(C(C)(C)C)ccn1. The molecule has 0 unspecified atom stereocenters. The lowest BCUT2D eigenvalue weighted by Crippen LogP contribution is -2.12. The fourth-order valence-electron chi connectivity index (χ4n) is 8.96. The van der Waals surface area contributed by atoms with Crippen LogP contribution in [0.25, 0.3) is 49.9 Å². The third-order valence-corrected chi connectivity index (χ3v) is 12.0. The van der Waals surface area contributed by atoms with E-state index in [0.29, 0.717) is 11.8 Å². The highest BCUT2D eigenvalue weighted by Crippen LogP contribution is 2.42. The van der Waals surface area contributed by atoms with Crippen molar-refractivity contribution in [2.45, 2.75) is 66.7 Å². The summed E-state index contributed by atoms with van der Waals surface area (Å²) >= 11 is 0. The van der Waals surface area contributed by atoms with Gasteiger partial charge in [-0.15, -0.1) is 0 Å². The zero-order valence-electron chi connectivity index (χ0n) is 38.1. The number of rotatable bonds is 13. The van der Waals surface area contributed by atoms with E-state index in [1.54, 1.807) is 0 Å². The average molecular weight is 839 g/mol. The Labute approximate surface area is 378 Å². The summed E-state index contributed by atoms with van der Waals surface area (Å²) in [5.41, 5.74) is 14.8. The molecular formula is C59H58N4O. The first kappa shape index (κ1) is 42.2. The molecule has 2 aromatic heterocycles. The molecule has 0 aliphatic heterocycles. The molecule has 0 atom stereocenters. The Kier molecular flexibility index (Phi) is 11.8.